The molecule has 0 saturated heterocycles. The molecule has 1 rings (SSSR count). The zero-order chi connectivity index (χ0) is 10.6. The quantitative estimate of drug-likeness (QED) is 0.867. The predicted molar refractivity (Wildman–Crippen MR) is 55.5 cm³/mol. The van der Waals surface area contributed by atoms with Crippen LogP contribution in [0, 0.1) is 11.3 Å². The van der Waals surface area contributed by atoms with E-state index in [4.69, 9.17) is 38.9 Å². The number of ether oxygens (including phenoxy) is 1. The lowest BCUT2D eigenvalue weighted by Gasteiger charge is -2.07. The van der Waals surface area contributed by atoms with Gasteiger partial charge in [0.1, 0.15) is 18.4 Å². The smallest absolute Gasteiger partial charge is 0.127 e. The van der Waals surface area contributed by atoms with E-state index >= 15 is 0 Å². The molecule has 0 aromatic heterocycles. The van der Waals surface area contributed by atoms with Crippen LogP contribution in [0.5, 0.6) is 5.75 Å². The molecule has 1 unspecified atom stereocenters. The minimum atomic E-state index is -0.635. The molecule has 0 heterocycles. The summed E-state index contributed by atoms with van der Waals surface area (Å²) in [7, 11) is 0. The van der Waals surface area contributed by atoms with Crippen LogP contribution in [0.2, 0.25) is 10.0 Å². The summed E-state index contributed by atoms with van der Waals surface area (Å²) in [5.41, 5.74) is 5.34. The Morgan fingerprint density at radius 3 is 2.71 bits per heavy atom. The van der Waals surface area contributed by atoms with Crippen LogP contribution < -0.4 is 10.5 Å². The minimum Gasteiger partial charge on any atom is -0.491 e. The van der Waals surface area contributed by atoms with Crippen LogP contribution in [-0.4, -0.2) is 12.6 Å². The fourth-order valence-corrected chi connectivity index (χ4v) is 1.08. The Hall–Kier alpha value is -0.950. The summed E-state index contributed by atoms with van der Waals surface area (Å²) < 4.78 is 5.20. The van der Waals surface area contributed by atoms with Crippen molar-refractivity contribution in [3.8, 4) is 11.8 Å². The Kier molecular flexibility index (Phi) is 4.02. The van der Waals surface area contributed by atoms with Gasteiger partial charge in [-0.15, -0.1) is 0 Å². The maximum absolute atomic E-state index is 8.41. The fraction of sp³-hybridized carbons (Fsp3) is 0.222. The third kappa shape index (κ3) is 3.08. The lowest BCUT2D eigenvalue weighted by Crippen LogP contribution is -2.25. The van der Waals surface area contributed by atoms with Crippen LogP contribution in [0.25, 0.3) is 0 Å². The predicted octanol–water partition coefficient (Wildman–Crippen LogP) is 2.22. The molecule has 0 amide bonds. The van der Waals surface area contributed by atoms with Crippen LogP contribution in [-0.2, 0) is 0 Å². The first-order valence-corrected chi connectivity index (χ1v) is 4.62. The maximum atomic E-state index is 8.41. The Balaban J connectivity index is 2.61. The summed E-state index contributed by atoms with van der Waals surface area (Å²) in [6.07, 6.45) is 0. The van der Waals surface area contributed by atoms with Crippen molar-refractivity contribution in [3.05, 3.63) is 28.2 Å². The molecule has 5 heteroatoms. The molecule has 0 bridgehead atoms. The van der Waals surface area contributed by atoms with Crippen molar-refractivity contribution < 1.29 is 4.74 Å². The van der Waals surface area contributed by atoms with E-state index in [0.717, 1.165) is 0 Å². The molecule has 1 atom stereocenters. The number of rotatable bonds is 3. The molecule has 0 aliphatic heterocycles. The van der Waals surface area contributed by atoms with E-state index in [2.05, 4.69) is 0 Å². The van der Waals surface area contributed by atoms with E-state index < -0.39 is 6.04 Å². The molecule has 0 radical (unpaired) electrons. The van der Waals surface area contributed by atoms with Gasteiger partial charge in [-0.2, -0.15) is 5.26 Å². The van der Waals surface area contributed by atoms with Crippen LogP contribution in [0.1, 0.15) is 0 Å². The van der Waals surface area contributed by atoms with E-state index in [1.54, 1.807) is 18.2 Å². The molecular formula is C9H8Cl2N2O. The van der Waals surface area contributed by atoms with Crippen molar-refractivity contribution in [1.82, 2.24) is 0 Å². The molecular weight excluding hydrogens is 223 g/mol. The normalized spacial score (nSPS) is 11.9. The molecule has 0 fully saturated rings. The molecule has 1 aromatic carbocycles. The van der Waals surface area contributed by atoms with Crippen molar-refractivity contribution in [3.63, 3.8) is 0 Å². The zero-order valence-corrected chi connectivity index (χ0v) is 8.72. The fourth-order valence-electron chi connectivity index (χ4n) is 0.790. The van der Waals surface area contributed by atoms with Gasteiger partial charge in [-0.1, -0.05) is 23.2 Å². The molecule has 0 aliphatic carbocycles. The zero-order valence-electron chi connectivity index (χ0n) is 7.21. The monoisotopic (exact) mass is 230 g/mol. The Morgan fingerprint density at radius 1 is 1.43 bits per heavy atom. The van der Waals surface area contributed by atoms with E-state index in [-0.39, 0.29) is 6.61 Å². The molecule has 3 nitrogen and oxygen atoms in total. The maximum Gasteiger partial charge on any atom is 0.127 e. The summed E-state index contributed by atoms with van der Waals surface area (Å²) in [5, 5.41) is 9.28. The second kappa shape index (κ2) is 5.06. The Morgan fingerprint density at radius 2 is 2.14 bits per heavy atom. The van der Waals surface area contributed by atoms with Crippen molar-refractivity contribution in [2.45, 2.75) is 6.04 Å². The van der Waals surface area contributed by atoms with Crippen LogP contribution >= 0.6 is 23.2 Å². The van der Waals surface area contributed by atoms with Gasteiger partial charge in [0.05, 0.1) is 16.1 Å². The first-order valence-electron chi connectivity index (χ1n) is 3.86. The number of benzene rings is 1. The topological polar surface area (TPSA) is 59.0 Å². The van der Waals surface area contributed by atoms with E-state index in [0.29, 0.717) is 15.8 Å². The number of halogens is 2. The van der Waals surface area contributed by atoms with Crippen molar-refractivity contribution in [2.24, 2.45) is 5.73 Å². The molecule has 0 spiro atoms. The van der Waals surface area contributed by atoms with E-state index in [1.165, 1.54) is 0 Å². The first-order chi connectivity index (χ1) is 6.63. The van der Waals surface area contributed by atoms with Gasteiger partial charge in [-0.25, -0.2) is 0 Å². The van der Waals surface area contributed by atoms with Gasteiger partial charge in [0.2, 0.25) is 0 Å². The lowest BCUT2D eigenvalue weighted by molar-refractivity contribution is 0.309. The van der Waals surface area contributed by atoms with Crippen LogP contribution in [0.4, 0.5) is 0 Å². The number of hydrogen-bond donors (Lipinski definition) is 1. The van der Waals surface area contributed by atoms with Crippen LogP contribution in [0.3, 0.4) is 0 Å². The SMILES string of the molecule is N#CC(N)COc1ccc(Cl)c(Cl)c1. The highest BCUT2D eigenvalue weighted by atomic mass is 35.5. The highest BCUT2D eigenvalue weighted by Gasteiger charge is 2.03. The van der Waals surface area contributed by atoms with Gasteiger partial charge < -0.3 is 10.5 Å². The average molecular weight is 231 g/mol. The average Bonchev–Trinajstić information content (AvgIpc) is 2.19. The van der Waals surface area contributed by atoms with Gasteiger partial charge in [-0.3, -0.25) is 0 Å². The second-order valence-corrected chi connectivity index (χ2v) is 3.44. The minimum absolute atomic E-state index is 0.133. The summed E-state index contributed by atoms with van der Waals surface area (Å²) in [6, 6.07) is 6.08. The molecule has 14 heavy (non-hydrogen) atoms. The third-order valence-electron chi connectivity index (χ3n) is 1.49. The Labute approximate surface area is 92.0 Å². The molecule has 1 aromatic rings. The highest BCUT2D eigenvalue weighted by molar-refractivity contribution is 6.42. The van der Waals surface area contributed by atoms with Gasteiger partial charge in [0.25, 0.3) is 0 Å². The molecule has 2 N–H and O–H groups in total. The van der Waals surface area contributed by atoms with E-state index in [1.807, 2.05) is 6.07 Å². The van der Waals surface area contributed by atoms with Gasteiger partial charge in [0, 0.05) is 6.07 Å². The van der Waals surface area contributed by atoms with Gasteiger partial charge in [0.15, 0.2) is 0 Å². The van der Waals surface area contributed by atoms with Crippen molar-refractivity contribution in [1.29, 1.82) is 5.26 Å². The lowest BCUT2D eigenvalue weighted by atomic mass is 10.3. The van der Waals surface area contributed by atoms with Gasteiger partial charge >= 0.3 is 0 Å². The number of nitrogens with zero attached hydrogens (tertiary/aromatic N) is 1. The summed E-state index contributed by atoms with van der Waals surface area (Å²) in [5.74, 6) is 0.546. The van der Waals surface area contributed by atoms with E-state index in [9.17, 15) is 0 Å². The third-order valence-corrected chi connectivity index (χ3v) is 2.23. The van der Waals surface area contributed by atoms with Crippen LogP contribution in [0.15, 0.2) is 18.2 Å². The molecule has 0 saturated carbocycles. The summed E-state index contributed by atoms with van der Waals surface area (Å²) in [4.78, 5) is 0. The number of nitriles is 1. The highest BCUT2D eigenvalue weighted by Crippen LogP contribution is 2.26. The number of hydrogen-bond acceptors (Lipinski definition) is 3. The van der Waals surface area contributed by atoms with Crippen molar-refractivity contribution in [2.75, 3.05) is 6.61 Å². The summed E-state index contributed by atoms with van der Waals surface area (Å²) >= 11 is 11.5. The second-order valence-electron chi connectivity index (χ2n) is 2.62. The van der Waals surface area contributed by atoms with Crippen molar-refractivity contribution >= 4 is 23.2 Å². The standard InChI is InChI=1S/C9H8Cl2N2O/c10-8-2-1-7(3-9(8)11)14-5-6(13)4-12/h1-3,6H,5,13H2. The Bertz CT molecular complexity index is 362. The first kappa shape index (κ1) is 11.1. The summed E-state index contributed by atoms with van der Waals surface area (Å²) in [6.45, 7) is 0.133. The molecule has 0 aliphatic rings. The number of nitrogens with two attached hydrogens (primary N) is 1. The largest absolute Gasteiger partial charge is 0.491 e. The van der Waals surface area contributed by atoms with Gasteiger partial charge in [-0.05, 0) is 12.1 Å². The molecule has 74 valence electrons.